The highest BCUT2D eigenvalue weighted by molar-refractivity contribution is 6.31. The zero-order valence-electron chi connectivity index (χ0n) is 12.8. The number of amides is 1. The van der Waals surface area contributed by atoms with Crippen LogP contribution in [-0.4, -0.2) is 36.1 Å². The third kappa shape index (κ3) is 3.07. The van der Waals surface area contributed by atoms with Gasteiger partial charge in [-0.05, 0) is 40.8 Å². The van der Waals surface area contributed by atoms with Gasteiger partial charge in [0.2, 0.25) is 0 Å². The maximum Gasteiger partial charge on any atom is 0.253 e. The van der Waals surface area contributed by atoms with E-state index in [1.165, 1.54) is 11.0 Å². The number of rotatable bonds is 4. The second-order valence-corrected chi connectivity index (χ2v) is 5.74. The molecule has 0 saturated carbocycles. The Kier molecular flexibility index (Phi) is 3.87. The average molecular weight is 354 g/mol. The molecule has 4 rings (SSSR count). The number of halogens is 1. The Morgan fingerprint density at radius 2 is 2.12 bits per heavy atom. The summed E-state index contributed by atoms with van der Waals surface area (Å²) in [7, 11) is 0. The SMILES string of the molecule is O=C(NCc1nc2ccccc2[nH]1)c1ccc(Cl)cc1-n1cnnn1. The number of carbonyl (C=O) groups is 1. The molecule has 1 amide bonds. The zero-order valence-corrected chi connectivity index (χ0v) is 13.6. The topological polar surface area (TPSA) is 101 Å². The molecule has 2 aromatic heterocycles. The quantitative estimate of drug-likeness (QED) is 0.585. The van der Waals surface area contributed by atoms with Gasteiger partial charge in [-0.2, -0.15) is 4.68 Å². The summed E-state index contributed by atoms with van der Waals surface area (Å²) in [6.45, 7) is 0.269. The number of hydrogen-bond donors (Lipinski definition) is 2. The van der Waals surface area contributed by atoms with E-state index in [4.69, 9.17) is 11.6 Å². The molecule has 8 nitrogen and oxygen atoms in total. The number of nitrogens with zero attached hydrogens (tertiary/aromatic N) is 5. The van der Waals surface area contributed by atoms with Gasteiger partial charge in [0.05, 0.1) is 28.8 Å². The molecule has 0 aliphatic rings. The van der Waals surface area contributed by atoms with E-state index in [2.05, 4.69) is 30.8 Å². The number of hydrogen-bond acceptors (Lipinski definition) is 5. The third-order valence-electron chi connectivity index (χ3n) is 3.66. The first-order valence-corrected chi connectivity index (χ1v) is 7.83. The fourth-order valence-corrected chi connectivity index (χ4v) is 2.67. The Balaban J connectivity index is 1.57. The van der Waals surface area contributed by atoms with Gasteiger partial charge < -0.3 is 10.3 Å². The van der Waals surface area contributed by atoms with Gasteiger partial charge in [0.15, 0.2) is 0 Å². The minimum Gasteiger partial charge on any atom is -0.345 e. The Bertz CT molecular complexity index is 1010. The molecule has 0 radical (unpaired) electrons. The van der Waals surface area contributed by atoms with Crippen molar-refractivity contribution in [2.24, 2.45) is 0 Å². The molecule has 4 aromatic rings. The molecule has 0 aliphatic carbocycles. The number of fused-ring (bicyclic) bond motifs is 1. The monoisotopic (exact) mass is 353 g/mol. The predicted octanol–water partition coefficient (Wildman–Crippen LogP) is 2.12. The largest absolute Gasteiger partial charge is 0.345 e. The molecule has 2 heterocycles. The number of aromatic amines is 1. The summed E-state index contributed by atoms with van der Waals surface area (Å²) < 4.78 is 1.39. The van der Waals surface area contributed by atoms with Crippen LogP contribution >= 0.6 is 11.6 Å². The third-order valence-corrected chi connectivity index (χ3v) is 3.89. The molecule has 0 saturated heterocycles. The molecule has 124 valence electrons. The van der Waals surface area contributed by atoms with Crippen LogP contribution in [0.2, 0.25) is 5.02 Å². The molecule has 0 bridgehead atoms. The predicted molar refractivity (Wildman–Crippen MR) is 91.4 cm³/mol. The Morgan fingerprint density at radius 3 is 2.92 bits per heavy atom. The molecule has 0 spiro atoms. The molecule has 0 unspecified atom stereocenters. The van der Waals surface area contributed by atoms with Crippen LogP contribution < -0.4 is 5.32 Å². The summed E-state index contributed by atoms with van der Waals surface area (Å²) in [5.74, 6) is 0.398. The lowest BCUT2D eigenvalue weighted by Crippen LogP contribution is -2.25. The van der Waals surface area contributed by atoms with E-state index in [0.717, 1.165) is 11.0 Å². The Labute approximate surface area is 146 Å². The van der Waals surface area contributed by atoms with Gasteiger partial charge in [-0.1, -0.05) is 23.7 Å². The highest BCUT2D eigenvalue weighted by atomic mass is 35.5. The van der Waals surface area contributed by atoms with Crippen molar-refractivity contribution < 1.29 is 4.79 Å². The average Bonchev–Trinajstić information content (AvgIpc) is 3.28. The first-order valence-electron chi connectivity index (χ1n) is 7.45. The van der Waals surface area contributed by atoms with Gasteiger partial charge in [-0.15, -0.1) is 5.10 Å². The van der Waals surface area contributed by atoms with Gasteiger partial charge in [-0.25, -0.2) is 4.98 Å². The van der Waals surface area contributed by atoms with Crippen LogP contribution in [0.15, 0.2) is 48.8 Å². The van der Waals surface area contributed by atoms with Crippen LogP contribution in [0.4, 0.5) is 0 Å². The Hall–Kier alpha value is -3.26. The van der Waals surface area contributed by atoms with Gasteiger partial charge in [0.25, 0.3) is 5.91 Å². The van der Waals surface area contributed by atoms with E-state index in [1.54, 1.807) is 18.2 Å². The summed E-state index contributed by atoms with van der Waals surface area (Å²) in [5, 5.41) is 14.3. The summed E-state index contributed by atoms with van der Waals surface area (Å²) in [6, 6.07) is 12.6. The maximum absolute atomic E-state index is 12.6. The second-order valence-electron chi connectivity index (χ2n) is 5.30. The smallest absolute Gasteiger partial charge is 0.253 e. The summed E-state index contributed by atoms with van der Waals surface area (Å²) in [4.78, 5) is 20.2. The summed E-state index contributed by atoms with van der Waals surface area (Å²) >= 11 is 6.03. The van der Waals surface area contributed by atoms with Crippen molar-refractivity contribution in [2.75, 3.05) is 0 Å². The van der Waals surface area contributed by atoms with Gasteiger partial charge >= 0.3 is 0 Å². The van der Waals surface area contributed by atoms with Crippen molar-refractivity contribution in [3.8, 4) is 5.69 Å². The number of tetrazole rings is 1. The van der Waals surface area contributed by atoms with Crippen LogP contribution in [0.3, 0.4) is 0 Å². The molecule has 9 heteroatoms. The number of benzene rings is 2. The molecule has 2 aromatic carbocycles. The molecule has 0 fully saturated rings. The Morgan fingerprint density at radius 1 is 1.24 bits per heavy atom. The lowest BCUT2D eigenvalue weighted by atomic mass is 10.1. The number of aromatic nitrogens is 6. The van der Waals surface area contributed by atoms with Crippen molar-refractivity contribution >= 4 is 28.5 Å². The van der Waals surface area contributed by atoms with Crippen LogP contribution in [-0.2, 0) is 6.54 Å². The number of H-pyrrole nitrogens is 1. The van der Waals surface area contributed by atoms with E-state index in [-0.39, 0.29) is 12.5 Å². The van der Waals surface area contributed by atoms with E-state index < -0.39 is 0 Å². The number of nitrogens with one attached hydrogen (secondary N) is 2. The van der Waals surface area contributed by atoms with Crippen molar-refractivity contribution in [3.05, 3.63) is 65.2 Å². The summed E-state index contributed by atoms with van der Waals surface area (Å²) in [6.07, 6.45) is 1.40. The van der Waals surface area contributed by atoms with E-state index in [1.807, 2.05) is 24.3 Å². The van der Waals surface area contributed by atoms with E-state index >= 15 is 0 Å². The van der Waals surface area contributed by atoms with Gasteiger partial charge in [-0.3, -0.25) is 4.79 Å². The van der Waals surface area contributed by atoms with Gasteiger partial charge in [0.1, 0.15) is 12.2 Å². The van der Waals surface area contributed by atoms with Gasteiger partial charge in [0, 0.05) is 5.02 Å². The minimum atomic E-state index is -0.275. The second kappa shape index (κ2) is 6.33. The van der Waals surface area contributed by atoms with Crippen LogP contribution in [0.1, 0.15) is 16.2 Å². The fourth-order valence-electron chi connectivity index (χ4n) is 2.51. The molecule has 2 N–H and O–H groups in total. The van der Waals surface area contributed by atoms with Crippen molar-refractivity contribution in [1.82, 2.24) is 35.5 Å². The van der Waals surface area contributed by atoms with Crippen LogP contribution in [0.5, 0.6) is 0 Å². The standard InChI is InChI=1S/C16H12ClN7O/c17-10-5-6-11(14(7-10)24-9-19-22-23-24)16(25)18-8-15-20-12-3-1-2-4-13(12)21-15/h1-7,9H,8H2,(H,18,25)(H,20,21). The molecular weight excluding hydrogens is 342 g/mol. The van der Waals surface area contributed by atoms with Crippen molar-refractivity contribution in [3.63, 3.8) is 0 Å². The first kappa shape index (κ1) is 15.3. The molecular formula is C16H12ClN7O. The minimum absolute atomic E-state index is 0.269. The normalized spacial score (nSPS) is 10.9. The first-order chi connectivity index (χ1) is 12.2. The van der Waals surface area contributed by atoms with Crippen molar-refractivity contribution in [1.29, 1.82) is 0 Å². The van der Waals surface area contributed by atoms with Crippen LogP contribution in [0, 0.1) is 0 Å². The maximum atomic E-state index is 12.6. The number of carbonyl (C=O) groups excluding carboxylic acids is 1. The highest BCUT2D eigenvalue weighted by Gasteiger charge is 2.15. The lowest BCUT2D eigenvalue weighted by molar-refractivity contribution is 0.0950. The van der Waals surface area contributed by atoms with E-state index in [9.17, 15) is 4.79 Å². The zero-order chi connectivity index (χ0) is 17.2. The summed E-state index contributed by atoms with van der Waals surface area (Å²) in [5.41, 5.74) is 2.69. The van der Waals surface area contributed by atoms with Crippen molar-refractivity contribution in [2.45, 2.75) is 6.54 Å². The molecule has 25 heavy (non-hydrogen) atoms. The van der Waals surface area contributed by atoms with Crippen LogP contribution in [0.25, 0.3) is 16.7 Å². The molecule has 0 atom stereocenters. The molecule has 0 aliphatic heterocycles. The number of para-hydroxylation sites is 2. The fraction of sp³-hybridized carbons (Fsp3) is 0.0625. The van der Waals surface area contributed by atoms with E-state index in [0.29, 0.717) is 22.1 Å². The lowest BCUT2D eigenvalue weighted by Gasteiger charge is -2.09. The number of imidazole rings is 1. The highest BCUT2D eigenvalue weighted by Crippen LogP contribution is 2.19.